The molecule has 0 bridgehead atoms. The Hall–Kier alpha value is -2.70. The fourth-order valence-electron chi connectivity index (χ4n) is 3.41. The van der Waals surface area contributed by atoms with Crippen LogP contribution in [0.15, 0.2) is 42.6 Å². The summed E-state index contributed by atoms with van der Waals surface area (Å²) < 4.78 is 19.2. The highest BCUT2D eigenvalue weighted by molar-refractivity contribution is 5.96. The smallest absolute Gasteiger partial charge is 0.138 e. The Morgan fingerprint density at radius 1 is 1.27 bits per heavy atom. The summed E-state index contributed by atoms with van der Waals surface area (Å²) in [6, 6.07) is 8.45. The Morgan fingerprint density at radius 3 is 2.88 bits per heavy atom. The van der Waals surface area contributed by atoms with Gasteiger partial charge in [-0.3, -0.25) is 4.90 Å². The molecule has 3 aromatic rings. The summed E-state index contributed by atoms with van der Waals surface area (Å²) in [6.45, 7) is 1.61. The highest BCUT2D eigenvalue weighted by atomic mass is 19.1. The van der Waals surface area contributed by atoms with Crippen molar-refractivity contribution in [3.05, 3.63) is 54.1 Å². The van der Waals surface area contributed by atoms with E-state index in [1.165, 1.54) is 17.7 Å². The standard InChI is InChI=1S/C20H20FN3O2/c1-26-19-3-2-14(21)10-16(19)15-4-7-22-20-17(15)11-18(23-20)13-5-8-24(12-25)9-6-13/h2-5,7,10-11,25H,6,8-9,12H2,1H3,(H,22,23). The molecule has 2 N–H and O–H groups in total. The first kappa shape index (κ1) is 16.8. The summed E-state index contributed by atoms with van der Waals surface area (Å²) in [7, 11) is 1.58. The second kappa shape index (κ2) is 6.90. The van der Waals surface area contributed by atoms with Crippen LogP contribution in [0.25, 0.3) is 27.7 Å². The highest BCUT2D eigenvalue weighted by Gasteiger charge is 2.17. The number of benzene rings is 1. The Labute approximate surface area is 150 Å². The molecular formula is C20H20FN3O2. The van der Waals surface area contributed by atoms with Crippen LogP contribution in [0.2, 0.25) is 0 Å². The number of fused-ring (bicyclic) bond motifs is 1. The molecule has 4 rings (SSSR count). The van der Waals surface area contributed by atoms with Crippen LogP contribution in [0.4, 0.5) is 4.39 Å². The van der Waals surface area contributed by atoms with Gasteiger partial charge in [-0.25, -0.2) is 9.37 Å². The first-order valence-electron chi connectivity index (χ1n) is 8.54. The Kier molecular flexibility index (Phi) is 4.44. The number of H-pyrrole nitrogens is 1. The monoisotopic (exact) mass is 353 g/mol. The van der Waals surface area contributed by atoms with Crippen molar-refractivity contribution >= 4 is 16.6 Å². The number of nitrogens with zero attached hydrogens (tertiary/aromatic N) is 2. The zero-order valence-electron chi connectivity index (χ0n) is 14.5. The molecule has 1 aliphatic heterocycles. The van der Waals surface area contributed by atoms with Gasteiger partial charge in [-0.1, -0.05) is 6.08 Å². The molecule has 0 unspecified atom stereocenters. The molecule has 0 fully saturated rings. The first-order valence-corrected chi connectivity index (χ1v) is 8.54. The molecule has 0 atom stereocenters. The Morgan fingerprint density at radius 2 is 2.15 bits per heavy atom. The number of halogens is 1. The molecule has 0 saturated heterocycles. The lowest BCUT2D eigenvalue weighted by atomic mass is 10.0. The van der Waals surface area contributed by atoms with Crippen LogP contribution < -0.4 is 4.74 Å². The zero-order chi connectivity index (χ0) is 18.1. The van der Waals surface area contributed by atoms with Crippen molar-refractivity contribution in [1.82, 2.24) is 14.9 Å². The van der Waals surface area contributed by atoms with Gasteiger partial charge in [0.15, 0.2) is 0 Å². The van der Waals surface area contributed by atoms with E-state index < -0.39 is 0 Å². The third-order valence-electron chi connectivity index (χ3n) is 4.82. The molecule has 134 valence electrons. The van der Waals surface area contributed by atoms with Crippen molar-refractivity contribution in [2.45, 2.75) is 6.42 Å². The number of aromatic nitrogens is 2. The van der Waals surface area contributed by atoms with Crippen LogP contribution in [0.3, 0.4) is 0 Å². The van der Waals surface area contributed by atoms with E-state index in [0.717, 1.165) is 41.8 Å². The lowest BCUT2D eigenvalue weighted by molar-refractivity contribution is 0.118. The van der Waals surface area contributed by atoms with Gasteiger partial charge in [0, 0.05) is 35.9 Å². The Bertz CT molecular complexity index is 980. The minimum atomic E-state index is -0.305. The number of aromatic amines is 1. The average Bonchev–Trinajstić information content (AvgIpc) is 3.12. The van der Waals surface area contributed by atoms with Crippen molar-refractivity contribution < 1.29 is 14.2 Å². The molecular weight excluding hydrogens is 333 g/mol. The number of methoxy groups -OCH3 is 1. The third-order valence-corrected chi connectivity index (χ3v) is 4.82. The summed E-state index contributed by atoms with van der Waals surface area (Å²) in [5.41, 5.74) is 4.55. The number of rotatable bonds is 4. The maximum atomic E-state index is 13.8. The van der Waals surface area contributed by atoms with Gasteiger partial charge in [0.2, 0.25) is 0 Å². The van der Waals surface area contributed by atoms with Crippen molar-refractivity contribution in [3.63, 3.8) is 0 Å². The number of pyridine rings is 1. The molecule has 0 radical (unpaired) electrons. The number of aliphatic hydroxyl groups is 1. The van der Waals surface area contributed by atoms with Gasteiger partial charge < -0.3 is 14.8 Å². The van der Waals surface area contributed by atoms with Gasteiger partial charge in [0.25, 0.3) is 0 Å². The van der Waals surface area contributed by atoms with Gasteiger partial charge in [-0.15, -0.1) is 0 Å². The van der Waals surface area contributed by atoms with Gasteiger partial charge >= 0.3 is 0 Å². The second-order valence-electron chi connectivity index (χ2n) is 6.35. The number of hydrogen-bond acceptors (Lipinski definition) is 4. The predicted octanol–water partition coefficient (Wildman–Crippen LogP) is 3.42. The molecule has 2 aromatic heterocycles. The largest absolute Gasteiger partial charge is 0.496 e. The number of hydrogen-bond donors (Lipinski definition) is 2. The highest BCUT2D eigenvalue weighted by Crippen LogP contribution is 2.36. The van der Waals surface area contributed by atoms with Gasteiger partial charge in [-0.05, 0) is 47.9 Å². The zero-order valence-corrected chi connectivity index (χ0v) is 14.5. The van der Waals surface area contributed by atoms with Crippen molar-refractivity contribution in [1.29, 1.82) is 0 Å². The molecule has 3 heterocycles. The van der Waals surface area contributed by atoms with E-state index in [2.05, 4.69) is 22.1 Å². The quantitative estimate of drug-likeness (QED) is 0.755. The summed E-state index contributed by atoms with van der Waals surface area (Å²) in [4.78, 5) is 9.76. The van der Waals surface area contributed by atoms with Crippen LogP contribution in [0.1, 0.15) is 12.1 Å². The number of aliphatic hydroxyl groups excluding tert-OH is 1. The van der Waals surface area contributed by atoms with Crippen LogP contribution in [0, 0.1) is 5.82 Å². The van der Waals surface area contributed by atoms with Crippen LogP contribution in [-0.4, -0.2) is 46.9 Å². The topological polar surface area (TPSA) is 61.4 Å². The lowest BCUT2D eigenvalue weighted by Crippen LogP contribution is -2.29. The van der Waals surface area contributed by atoms with E-state index in [1.54, 1.807) is 19.4 Å². The second-order valence-corrected chi connectivity index (χ2v) is 6.35. The number of ether oxygens (including phenoxy) is 1. The van der Waals surface area contributed by atoms with Crippen molar-refractivity contribution in [2.24, 2.45) is 0 Å². The van der Waals surface area contributed by atoms with Crippen molar-refractivity contribution in [2.75, 3.05) is 26.9 Å². The van der Waals surface area contributed by atoms with E-state index in [-0.39, 0.29) is 12.5 Å². The maximum absolute atomic E-state index is 13.8. The SMILES string of the molecule is COc1ccc(F)cc1-c1ccnc2[nH]c(C3=CCN(CO)CC3)cc12. The van der Waals surface area contributed by atoms with E-state index in [1.807, 2.05) is 11.0 Å². The fourth-order valence-corrected chi connectivity index (χ4v) is 3.41. The molecule has 1 aliphatic rings. The Balaban J connectivity index is 1.80. The van der Waals surface area contributed by atoms with E-state index in [9.17, 15) is 9.50 Å². The summed E-state index contributed by atoms with van der Waals surface area (Å²) in [6.07, 6.45) is 4.68. The maximum Gasteiger partial charge on any atom is 0.138 e. The fraction of sp³-hybridized carbons (Fsp3) is 0.250. The van der Waals surface area contributed by atoms with Crippen LogP contribution >= 0.6 is 0 Å². The van der Waals surface area contributed by atoms with E-state index in [0.29, 0.717) is 11.3 Å². The van der Waals surface area contributed by atoms with Gasteiger partial charge in [0.05, 0.1) is 13.8 Å². The molecule has 26 heavy (non-hydrogen) atoms. The minimum Gasteiger partial charge on any atom is -0.496 e. The number of nitrogens with one attached hydrogen (secondary N) is 1. The van der Waals surface area contributed by atoms with Gasteiger partial charge in [0.1, 0.15) is 17.2 Å². The normalized spacial score (nSPS) is 15.3. The van der Waals surface area contributed by atoms with Crippen molar-refractivity contribution in [3.8, 4) is 16.9 Å². The van der Waals surface area contributed by atoms with E-state index in [4.69, 9.17) is 4.74 Å². The molecule has 1 aromatic carbocycles. The average molecular weight is 353 g/mol. The summed E-state index contributed by atoms with van der Waals surface area (Å²) in [5, 5.41) is 10.2. The van der Waals surface area contributed by atoms with Crippen LogP contribution in [-0.2, 0) is 0 Å². The van der Waals surface area contributed by atoms with Crippen LogP contribution in [0.5, 0.6) is 5.75 Å². The molecule has 0 spiro atoms. The summed E-state index contributed by atoms with van der Waals surface area (Å²) >= 11 is 0. The molecule has 6 heteroatoms. The first-order chi connectivity index (χ1) is 12.7. The molecule has 0 aliphatic carbocycles. The minimum absolute atomic E-state index is 0.0710. The molecule has 5 nitrogen and oxygen atoms in total. The lowest BCUT2D eigenvalue weighted by Gasteiger charge is -2.23. The third kappa shape index (κ3) is 2.98. The molecule has 0 saturated carbocycles. The summed E-state index contributed by atoms with van der Waals surface area (Å²) in [5.74, 6) is 0.317. The predicted molar refractivity (Wildman–Crippen MR) is 99.3 cm³/mol. The molecule has 0 amide bonds. The van der Waals surface area contributed by atoms with E-state index >= 15 is 0 Å². The van der Waals surface area contributed by atoms with Gasteiger partial charge in [-0.2, -0.15) is 0 Å².